The van der Waals surface area contributed by atoms with E-state index in [1.807, 2.05) is 38.5 Å². The van der Waals surface area contributed by atoms with Crippen molar-refractivity contribution >= 4 is 28.4 Å². The molecule has 0 aliphatic heterocycles. The highest BCUT2D eigenvalue weighted by molar-refractivity contribution is 5.91. The van der Waals surface area contributed by atoms with Crippen molar-refractivity contribution in [3.8, 4) is 0 Å². The van der Waals surface area contributed by atoms with Crippen LogP contribution in [0.15, 0.2) is 77.5 Å². The molecule has 2 heterocycles. The maximum atomic E-state index is 12.5. The van der Waals surface area contributed by atoms with Gasteiger partial charge in [0, 0.05) is 62.3 Å². The zero-order chi connectivity index (χ0) is 23.2. The highest BCUT2D eigenvalue weighted by Crippen LogP contribution is 2.31. The van der Waals surface area contributed by atoms with E-state index in [-0.39, 0.29) is 36.5 Å². The van der Waals surface area contributed by atoms with Gasteiger partial charge in [-0.1, -0.05) is 30.3 Å². The van der Waals surface area contributed by atoms with E-state index in [1.165, 1.54) is 6.26 Å². The van der Waals surface area contributed by atoms with Crippen molar-refractivity contribution in [1.82, 2.24) is 15.6 Å². The van der Waals surface area contributed by atoms with Crippen molar-refractivity contribution in [1.29, 1.82) is 0 Å². The predicted octanol–water partition coefficient (Wildman–Crippen LogP) is 3.90. The highest BCUT2D eigenvalue weighted by Gasteiger charge is 2.19. The van der Waals surface area contributed by atoms with Crippen LogP contribution in [0, 0.1) is 0 Å². The Morgan fingerprint density at radius 2 is 1.79 bits per heavy atom. The molecule has 2 amide bonds. The molecule has 4 rings (SSSR count). The van der Waals surface area contributed by atoms with Crippen molar-refractivity contribution in [3.05, 3.63) is 90.0 Å². The van der Waals surface area contributed by atoms with Crippen LogP contribution in [0.5, 0.6) is 0 Å². The molecule has 7 heteroatoms. The van der Waals surface area contributed by atoms with Crippen molar-refractivity contribution in [3.63, 3.8) is 0 Å². The third-order valence-electron chi connectivity index (χ3n) is 5.69. The molecule has 0 aliphatic carbocycles. The maximum absolute atomic E-state index is 12.5. The summed E-state index contributed by atoms with van der Waals surface area (Å²) in [7, 11) is 4.02. The molecule has 170 valence electrons. The number of carbonyl (C=O) groups excluding carboxylic acids is 2. The summed E-state index contributed by atoms with van der Waals surface area (Å²) < 4.78 is 5.06. The van der Waals surface area contributed by atoms with Crippen molar-refractivity contribution in [2.45, 2.75) is 12.3 Å². The summed E-state index contributed by atoms with van der Waals surface area (Å²) in [5.74, 6) is -0.232. The molecule has 0 unspecified atom stereocenters. The van der Waals surface area contributed by atoms with E-state index in [0.717, 1.165) is 27.7 Å². The Bertz CT molecular complexity index is 1210. The lowest BCUT2D eigenvalue weighted by Crippen LogP contribution is -2.33. The Hall–Kier alpha value is -4.00. The first-order chi connectivity index (χ1) is 16.0. The molecule has 0 aliphatic rings. The molecule has 2 aromatic heterocycles. The monoisotopic (exact) mass is 444 g/mol. The zero-order valence-corrected chi connectivity index (χ0v) is 18.8. The van der Waals surface area contributed by atoms with E-state index in [4.69, 9.17) is 4.42 Å². The average molecular weight is 445 g/mol. The number of nitrogens with one attached hydrogen (secondary N) is 3. The van der Waals surface area contributed by atoms with Crippen LogP contribution in [0.3, 0.4) is 0 Å². The average Bonchev–Trinajstić information content (AvgIpc) is 3.50. The van der Waals surface area contributed by atoms with Gasteiger partial charge in [-0.2, -0.15) is 0 Å². The fraction of sp³-hybridized carbons (Fsp3) is 0.231. The molecule has 0 bridgehead atoms. The molecule has 3 N–H and O–H groups in total. The van der Waals surface area contributed by atoms with Gasteiger partial charge >= 0.3 is 0 Å². The van der Waals surface area contributed by atoms with Gasteiger partial charge in [0.15, 0.2) is 5.76 Å². The van der Waals surface area contributed by atoms with E-state index < -0.39 is 0 Å². The van der Waals surface area contributed by atoms with Gasteiger partial charge in [-0.25, -0.2) is 0 Å². The number of hydrogen-bond donors (Lipinski definition) is 3. The molecule has 7 nitrogen and oxygen atoms in total. The minimum atomic E-state index is -0.328. The first-order valence-electron chi connectivity index (χ1n) is 10.9. The van der Waals surface area contributed by atoms with E-state index >= 15 is 0 Å². The van der Waals surface area contributed by atoms with Gasteiger partial charge in [-0.3, -0.25) is 9.59 Å². The molecule has 0 spiro atoms. The molecule has 1 atom stereocenters. The van der Waals surface area contributed by atoms with Crippen LogP contribution in [0.4, 0.5) is 5.69 Å². The normalized spacial score (nSPS) is 11.8. The lowest BCUT2D eigenvalue weighted by atomic mass is 9.90. The van der Waals surface area contributed by atoms with Crippen LogP contribution in [-0.4, -0.2) is 44.0 Å². The standard InChI is InChI=1S/C26H28N4O3/c1-30(2)19-11-9-18(10-12-19)21(22-17-28-23-7-4-3-6-20(22)23)16-29-25(31)13-14-27-26(32)24-8-5-15-33-24/h3-12,15,17,21,28H,13-14,16H2,1-2H3,(H,27,32)(H,29,31)/t21-/m1/s1. The van der Waals surface area contributed by atoms with Crippen LogP contribution in [0.25, 0.3) is 10.9 Å². The molecule has 33 heavy (non-hydrogen) atoms. The Balaban J connectivity index is 1.44. The third kappa shape index (κ3) is 5.26. The third-order valence-corrected chi connectivity index (χ3v) is 5.69. The number of rotatable bonds is 9. The number of para-hydroxylation sites is 1. The summed E-state index contributed by atoms with van der Waals surface area (Å²) in [6.07, 6.45) is 3.65. The first kappa shape index (κ1) is 22.2. The number of benzene rings is 2. The minimum absolute atomic E-state index is 0.0148. The predicted molar refractivity (Wildman–Crippen MR) is 130 cm³/mol. The Kier molecular flexibility index (Phi) is 6.78. The number of aromatic nitrogens is 1. The van der Waals surface area contributed by atoms with Gasteiger partial charge in [0.2, 0.25) is 5.91 Å². The van der Waals surface area contributed by atoms with Gasteiger partial charge < -0.3 is 24.9 Å². The summed E-state index contributed by atoms with van der Waals surface area (Å²) >= 11 is 0. The molecule has 0 fully saturated rings. The number of amides is 2. The summed E-state index contributed by atoms with van der Waals surface area (Å²) in [5, 5.41) is 6.88. The molecule has 0 saturated carbocycles. The second-order valence-corrected chi connectivity index (χ2v) is 8.12. The first-order valence-corrected chi connectivity index (χ1v) is 10.9. The van der Waals surface area contributed by atoms with Gasteiger partial charge in [0.05, 0.1) is 6.26 Å². The van der Waals surface area contributed by atoms with Crippen LogP contribution >= 0.6 is 0 Å². The van der Waals surface area contributed by atoms with Crippen molar-refractivity contribution in [2.24, 2.45) is 0 Å². The Morgan fingerprint density at radius 1 is 1.00 bits per heavy atom. The summed E-state index contributed by atoms with van der Waals surface area (Å²) in [4.78, 5) is 29.9. The molecular weight excluding hydrogens is 416 g/mol. The van der Waals surface area contributed by atoms with Gasteiger partial charge in [-0.15, -0.1) is 0 Å². The second-order valence-electron chi connectivity index (χ2n) is 8.12. The van der Waals surface area contributed by atoms with Crippen LogP contribution in [-0.2, 0) is 4.79 Å². The Morgan fingerprint density at radius 3 is 2.52 bits per heavy atom. The number of carbonyl (C=O) groups is 2. The van der Waals surface area contributed by atoms with Crippen LogP contribution in [0.2, 0.25) is 0 Å². The van der Waals surface area contributed by atoms with E-state index in [9.17, 15) is 9.59 Å². The lowest BCUT2D eigenvalue weighted by molar-refractivity contribution is -0.120. The number of hydrogen-bond acceptors (Lipinski definition) is 4. The van der Waals surface area contributed by atoms with Gasteiger partial charge in [0.1, 0.15) is 0 Å². The van der Waals surface area contributed by atoms with Gasteiger partial charge in [-0.05, 0) is 41.5 Å². The number of anilines is 1. The maximum Gasteiger partial charge on any atom is 0.286 e. The number of fused-ring (bicyclic) bond motifs is 1. The largest absolute Gasteiger partial charge is 0.459 e. The Labute approximate surface area is 192 Å². The molecular formula is C26H28N4O3. The van der Waals surface area contributed by atoms with E-state index in [2.05, 4.69) is 50.8 Å². The van der Waals surface area contributed by atoms with Crippen LogP contribution in [0.1, 0.15) is 34.0 Å². The number of furan rings is 1. The number of aromatic amines is 1. The van der Waals surface area contributed by atoms with Gasteiger partial charge in [0.25, 0.3) is 5.91 Å². The zero-order valence-electron chi connectivity index (χ0n) is 18.8. The molecule has 0 saturated heterocycles. The van der Waals surface area contributed by atoms with E-state index in [1.54, 1.807) is 12.1 Å². The van der Waals surface area contributed by atoms with Crippen molar-refractivity contribution < 1.29 is 14.0 Å². The fourth-order valence-corrected chi connectivity index (χ4v) is 3.88. The van der Waals surface area contributed by atoms with Crippen LogP contribution < -0.4 is 15.5 Å². The molecule has 4 aromatic rings. The summed E-state index contributed by atoms with van der Waals surface area (Å²) in [5.41, 5.74) is 4.44. The lowest BCUT2D eigenvalue weighted by Gasteiger charge is -2.20. The summed E-state index contributed by atoms with van der Waals surface area (Å²) in [6.45, 7) is 0.689. The number of H-pyrrole nitrogens is 1. The topological polar surface area (TPSA) is 90.4 Å². The fourth-order valence-electron chi connectivity index (χ4n) is 3.88. The smallest absolute Gasteiger partial charge is 0.286 e. The SMILES string of the molecule is CN(C)c1ccc([C@@H](CNC(=O)CCNC(=O)c2ccco2)c2c[nH]c3ccccc23)cc1. The second kappa shape index (κ2) is 10.1. The molecule has 2 aromatic carbocycles. The molecule has 0 radical (unpaired) electrons. The summed E-state index contributed by atoms with van der Waals surface area (Å²) in [6, 6.07) is 19.8. The highest BCUT2D eigenvalue weighted by atomic mass is 16.3. The quantitative estimate of drug-likeness (QED) is 0.365. The van der Waals surface area contributed by atoms with E-state index in [0.29, 0.717) is 6.54 Å². The minimum Gasteiger partial charge on any atom is -0.459 e. The van der Waals surface area contributed by atoms with Crippen molar-refractivity contribution in [2.75, 3.05) is 32.1 Å². The number of nitrogens with zero attached hydrogens (tertiary/aromatic N) is 1.